The molecular formula is C15H30N4O. The lowest BCUT2D eigenvalue weighted by molar-refractivity contribution is -0.122. The Labute approximate surface area is 122 Å². The van der Waals surface area contributed by atoms with Crippen molar-refractivity contribution >= 4 is 5.91 Å². The van der Waals surface area contributed by atoms with Crippen molar-refractivity contribution in [3.05, 3.63) is 0 Å². The molecule has 0 aromatic rings. The number of nitrogens with two attached hydrogens (primary N) is 2. The number of unbranched alkanes of at least 4 members (excludes halogenated alkanes) is 1. The summed E-state index contributed by atoms with van der Waals surface area (Å²) in [5, 5.41) is 0. The molecule has 2 aliphatic rings. The van der Waals surface area contributed by atoms with E-state index >= 15 is 0 Å². The van der Waals surface area contributed by atoms with Gasteiger partial charge in [-0.15, -0.1) is 0 Å². The van der Waals surface area contributed by atoms with Crippen LogP contribution in [0.15, 0.2) is 0 Å². The number of hydrogen-bond acceptors (Lipinski definition) is 4. The first-order chi connectivity index (χ1) is 9.47. The quantitative estimate of drug-likeness (QED) is 0.631. The molecule has 0 bridgehead atoms. The van der Waals surface area contributed by atoms with Crippen molar-refractivity contribution in [2.75, 3.05) is 39.3 Å². The van der Waals surface area contributed by atoms with Gasteiger partial charge in [0.25, 0.3) is 0 Å². The molecule has 20 heavy (non-hydrogen) atoms. The Morgan fingerprint density at radius 3 is 2.30 bits per heavy atom. The molecule has 5 heteroatoms. The van der Waals surface area contributed by atoms with Gasteiger partial charge in [0.2, 0.25) is 5.91 Å². The van der Waals surface area contributed by atoms with Gasteiger partial charge in [0.15, 0.2) is 0 Å². The summed E-state index contributed by atoms with van der Waals surface area (Å²) in [6.45, 7) is 8.96. The van der Waals surface area contributed by atoms with E-state index in [0.29, 0.717) is 6.42 Å². The summed E-state index contributed by atoms with van der Waals surface area (Å²) < 4.78 is 0. The van der Waals surface area contributed by atoms with E-state index in [1.54, 1.807) is 6.92 Å². The highest BCUT2D eigenvalue weighted by Crippen LogP contribution is 2.29. The van der Waals surface area contributed by atoms with Crippen LogP contribution in [0.5, 0.6) is 0 Å². The second kappa shape index (κ2) is 6.87. The van der Waals surface area contributed by atoms with Crippen molar-refractivity contribution in [1.29, 1.82) is 0 Å². The van der Waals surface area contributed by atoms with Gasteiger partial charge in [-0.25, -0.2) is 0 Å². The molecule has 1 unspecified atom stereocenters. The zero-order valence-corrected chi connectivity index (χ0v) is 12.8. The average Bonchev–Trinajstić information content (AvgIpc) is 3.20. The molecule has 2 rings (SSSR count). The third-order valence-corrected chi connectivity index (χ3v) is 4.66. The first-order valence-electron chi connectivity index (χ1n) is 8.01. The first kappa shape index (κ1) is 15.7. The molecule has 5 nitrogen and oxygen atoms in total. The minimum atomic E-state index is -0.844. The fourth-order valence-corrected chi connectivity index (χ4v) is 2.81. The largest absolute Gasteiger partial charge is 0.368 e. The molecule has 1 saturated heterocycles. The van der Waals surface area contributed by atoms with Gasteiger partial charge in [0, 0.05) is 32.7 Å². The Balaban J connectivity index is 1.53. The van der Waals surface area contributed by atoms with Gasteiger partial charge in [-0.3, -0.25) is 4.79 Å². The molecular weight excluding hydrogens is 252 g/mol. The van der Waals surface area contributed by atoms with E-state index in [9.17, 15) is 4.79 Å². The van der Waals surface area contributed by atoms with Gasteiger partial charge < -0.3 is 21.3 Å². The normalized spacial score (nSPS) is 24.5. The Hall–Kier alpha value is -0.650. The van der Waals surface area contributed by atoms with Crippen molar-refractivity contribution in [1.82, 2.24) is 9.80 Å². The van der Waals surface area contributed by atoms with Crippen molar-refractivity contribution < 1.29 is 4.79 Å². The molecule has 1 amide bonds. The maximum atomic E-state index is 11.1. The molecule has 0 aromatic heterocycles. The molecule has 1 saturated carbocycles. The fourth-order valence-electron chi connectivity index (χ4n) is 2.81. The van der Waals surface area contributed by atoms with E-state index in [1.165, 1.54) is 45.6 Å². The number of amides is 1. The smallest absolute Gasteiger partial charge is 0.237 e. The van der Waals surface area contributed by atoms with Gasteiger partial charge in [-0.05, 0) is 51.5 Å². The lowest BCUT2D eigenvalue weighted by atomic mass is 9.95. The predicted octanol–water partition coefficient (Wildman–Crippen LogP) is 0.387. The van der Waals surface area contributed by atoms with Crippen LogP contribution in [-0.4, -0.2) is 60.5 Å². The molecule has 4 N–H and O–H groups in total. The maximum absolute atomic E-state index is 11.1. The topological polar surface area (TPSA) is 75.6 Å². The first-order valence-corrected chi connectivity index (χ1v) is 8.01. The van der Waals surface area contributed by atoms with Crippen LogP contribution in [0.3, 0.4) is 0 Å². The highest BCUT2D eigenvalue weighted by molar-refractivity contribution is 5.83. The van der Waals surface area contributed by atoms with Crippen LogP contribution in [0.2, 0.25) is 0 Å². The fraction of sp³-hybridized carbons (Fsp3) is 0.933. The standard InChI is InChI=1S/C15H30N4O/c1-15(17,14(16)20)6-2-3-7-18-8-10-19(11-9-18)12-13-4-5-13/h13H,2-12,17H2,1H3,(H2,16,20). The molecule has 2 fully saturated rings. The van der Waals surface area contributed by atoms with Crippen LogP contribution in [0.1, 0.15) is 39.0 Å². The van der Waals surface area contributed by atoms with E-state index in [2.05, 4.69) is 9.80 Å². The van der Waals surface area contributed by atoms with Crippen molar-refractivity contribution in [2.24, 2.45) is 17.4 Å². The highest BCUT2D eigenvalue weighted by atomic mass is 16.1. The monoisotopic (exact) mass is 282 g/mol. The second-order valence-electron chi connectivity index (χ2n) is 6.82. The van der Waals surface area contributed by atoms with Crippen molar-refractivity contribution in [2.45, 2.75) is 44.6 Å². The zero-order chi connectivity index (χ0) is 14.6. The summed E-state index contributed by atoms with van der Waals surface area (Å²) in [6, 6.07) is 0. The van der Waals surface area contributed by atoms with Crippen LogP contribution in [0.4, 0.5) is 0 Å². The molecule has 0 spiro atoms. The van der Waals surface area contributed by atoms with Gasteiger partial charge in [-0.2, -0.15) is 0 Å². The lowest BCUT2D eigenvalue weighted by Crippen LogP contribution is -2.49. The minimum Gasteiger partial charge on any atom is -0.368 e. The number of carbonyl (C=O) groups is 1. The van der Waals surface area contributed by atoms with Crippen LogP contribution < -0.4 is 11.5 Å². The molecule has 1 aliphatic carbocycles. The van der Waals surface area contributed by atoms with Crippen molar-refractivity contribution in [3.63, 3.8) is 0 Å². The zero-order valence-electron chi connectivity index (χ0n) is 12.8. The van der Waals surface area contributed by atoms with Crippen LogP contribution in [0, 0.1) is 5.92 Å². The SMILES string of the molecule is CC(N)(CCCCN1CCN(CC2CC2)CC1)C(N)=O. The molecule has 1 heterocycles. The number of primary amides is 1. The summed E-state index contributed by atoms with van der Waals surface area (Å²) >= 11 is 0. The summed E-state index contributed by atoms with van der Waals surface area (Å²) in [7, 11) is 0. The van der Waals surface area contributed by atoms with E-state index in [4.69, 9.17) is 11.5 Å². The third-order valence-electron chi connectivity index (χ3n) is 4.66. The van der Waals surface area contributed by atoms with Crippen LogP contribution >= 0.6 is 0 Å². The van der Waals surface area contributed by atoms with E-state index in [1.807, 2.05) is 0 Å². The third kappa shape index (κ3) is 5.04. The summed E-state index contributed by atoms with van der Waals surface area (Å²) in [5.41, 5.74) is 10.3. The predicted molar refractivity (Wildman–Crippen MR) is 81.2 cm³/mol. The van der Waals surface area contributed by atoms with Gasteiger partial charge in [0.05, 0.1) is 5.54 Å². The van der Waals surface area contributed by atoms with Crippen LogP contribution in [-0.2, 0) is 4.79 Å². The molecule has 1 aliphatic heterocycles. The Morgan fingerprint density at radius 2 is 1.75 bits per heavy atom. The van der Waals surface area contributed by atoms with E-state index in [0.717, 1.165) is 25.3 Å². The highest BCUT2D eigenvalue weighted by Gasteiger charge is 2.27. The van der Waals surface area contributed by atoms with Gasteiger partial charge >= 0.3 is 0 Å². The van der Waals surface area contributed by atoms with Crippen LogP contribution in [0.25, 0.3) is 0 Å². The lowest BCUT2D eigenvalue weighted by Gasteiger charge is -2.34. The number of nitrogens with zero attached hydrogens (tertiary/aromatic N) is 2. The summed E-state index contributed by atoms with van der Waals surface area (Å²) in [5.74, 6) is 0.601. The number of hydrogen-bond donors (Lipinski definition) is 2. The maximum Gasteiger partial charge on any atom is 0.237 e. The number of rotatable bonds is 8. The van der Waals surface area contributed by atoms with Crippen molar-refractivity contribution in [3.8, 4) is 0 Å². The Kier molecular flexibility index (Phi) is 5.41. The van der Waals surface area contributed by atoms with E-state index < -0.39 is 11.4 Å². The second-order valence-corrected chi connectivity index (χ2v) is 6.82. The number of piperazine rings is 1. The molecule has 0 aromatic carbocycles. The number of carbonyl (C=O) groups excluding carboxylic acids is 1. The Bertz CT molecular complexity index is 320. The van der Waals surface area contributed by atoms with Gasteiger partial charge in [-0.1, -0.05) is 0 Å². The molecule has 0 radical (unpaired) electrons. The molecule has 116 valence electrons. The minimum absolute atomic E-state index is 0.397. The Morgan fingerprint density at radius 1 is 1.15 bits per heavy atom. The summed E-state index contributed by atoms with van der Waals surface area (Å²) in [4.78, 5) is 16.3. The molecule has 1 atom stereocenters. The van der Waals surface area contributed by atoms with E-state index in [-0.39, 0.29) is 0 Å². The van der Waals surface area contributed by atoms with Gasteiger partial charge in [0.1, 0.15) is 0 Å². The summed E-state index contributed by atoms with van der Waals surface area (Å²) in [6.07, 6.45) is 5.64. The average molecular weight is 282 g/mol.